The third kappa shape index (κ3) is 23.6. The molecule has 0 spiro atoms. The molecule has 0 aromatic rings. The number of aldehydes is 2. The van der Waals surface area contributed by atoms with Gasteiger partial charge in [0.1, 0.15) is 12.6 Å². The number of carbonyl (C=O) groups is 4. The van der Waals surface area contributed by atoms with Gasteiger partial charge in [-0.2, -0.15) is 0 Å². The first-order valence-corrected chi connectivity index (χ1v) is 19.1. The highest BCUT2D eigenvalue weighted by Crippen LogP contribution is 2.31. The number of aliphatic hydroxyl groups is 1. The zero-order valence-electron chi connectivity index (χ0n) is 36.0. The summed E-state index contributed by atoms with van der Waals surface area (Å²) in [5.74, 6) is 1.03. The van der Waals surface area contributed by atoms with Crippen LogP contribution in [0.4, 0.5) is 0 Å². The molecular weight excluding hydrogens is 674 g/mol. The predicted molar refractivity (Wildman–Crippen MR) is 221 cm³/mol. The van der Waals surface area contributed by atoms with Crippen LogP contribution in [0.2, 0.25) is 0 Å². The molecule has 2 amide bonds. The summed E-state index contributed by atoms with van der Waals surface area (Å²) in [4.78, 5) is 45.4. The van der Waals surface area contributed by atoms with Crippen molar-refractivity contribution >= 4 is 24.9 Å². The van der Waals surface area contributed by atoms with Crippen molar-refractivity contribution in [3.8, 4) is 0 Å². The van der Waals surface area contributed by atoms with E-state index in [1.54, 1.807) is 52.4 Å². The molecule has 5 N–H and O–H groups in total. The Bertz CT molecular complexity index is 980. The number of amides is 2. The average Bonchev–Trinajstić information content (AvgIpc) is 3.56. The number of allylic oxidation sites excluding steroid dienone is 2. The number of nitrogens with zero attached hydrogens (tertiary/aromatic N) is 2. The molecule has 9 unspecified atom stereocenters. The number of ether oxygens (including phenoxy) is 2. The molecule has 12 heteroatoms. The molecule has 53 heavy (non-hydrogen) atoms. The first-order chi connectivity index (χ1) is 25.0. The number of nitrogens with one attached hydrogen (secondary N) is 2. The van der Waals surface area contributed by atoms with E-state index in [2.05, 4.69) is 83.0 Å². The maximum Gasteiger partial charge on any atom is 0.236 e. The van der Waals surface area contributed by atoms with Gasteiger partial charge in [-0.05, 0) is 69.8 Å². The van der Waals surface area contributed by atoms with Crippen LogP contribution in [-0.2, 0) is 28.7 Å². The topological polar surface area (TPSA) is 164 Å². The van der Waals surface area contributed by atoms with Crippen molar-refractivity contribution in [3.63, 3.8) is 0 Å². The number of primary amides is 1. The second kappa shape index (κ2) is 36.2. The zero-order valence-corrected chi connectivity index (χ0v) is 36.0. The smallest absolute Gasteiger partial charge is 0.236 e. The number of nitrogens with two attached hydrogens (primary N) is 1. The SMILES string of the molecule is C=C/C=C(\C=C)C(O)C(C)C(C)C(OC)C1CCCN1C.CCC.CCC(C)C(C(CC=O)OC)N(C)C(=O)CNC.CNC(C=O)C(C)C.NC=O. The molecular formula is C41H81N5O7. The molecule has 0 aromatic carbocycles. The van der Waals surface area contributed by atoms with Crippen LogP contribution >= 0.6 is 0 Å². The summed E-state index contributed by atoms with van der Waals surface area (Å²) in [5.41, 5.74) is 4.99. The van der Waals surface area contributed by atoms with Crippen LogP contribution in [-0.4, -0.2) is 132 Å². The lowest BCUT2D eigenvalue weighted by Gasteiger charge is -2.37. The third-order valence-corrected chi connectivity index (χ3v) is 9.57. The van der Waals surface area contributed by atoms with E-state index in [4.69, 9.17) is 14.3 Å². The molecule has 1 aliphatic heterocycles. The molecule has 1 fully saturated rings. The van der Waals surface area contributed by atoms with Gasteiger partial charge in [0.05, 0.1) is 36.9 Å². The second-order valence-corrected chi connectivity index (χ2v) is 13.8. The minimum absolute atomic E-state index is 0.00995. The van der Waals surface area contributed by atoms with E-state index in [1.165, 1.54) is 19.3 Å². The summed E-state index contributed by atoms with van der Waals surface area (Å²) in [6, 6.07) is 0.385. The number of rotatable bonds is 20. The quantitative estimate of drug-likeness (QED) is 0.102. The van der Waals surface area contributed by atoms with Crippen LogP contribution in [0, 0.1) is 23.7 Å². The number of hydrogen-bond acceptors (Lipinski definition) is 10. The Balaban J connectivity index is -0.000000337. The first kappa shape index (κ1) is 57.0. The number of aliphatic hydroxyl groups excluding tert-OH is 1. The molecule has 0 radical (unpaired) electrons. The van der Waals surface area contributed by atoms with Gasteiger partial charge < -0.3 is 50.3 Å². The third-order valence-electron chi connectivity index (χ3n) is 9.57. The second-order valence-electron chi connectivity index (χ2n) is 13.8. The maximum atomic E-state index is 11.9. The van der Waals surface area contributed by atoms with Crippen molar-refractivity contribution in [2.24, 2.45) is 29.4 Å². The normalized spacial score (nSPS) is 18.4. The van der Waals surface area contributed by atoms with Crippen molar-refractivity contribution in [3.05, 3.63) is 37.0 Å². The van der Waals surface area contributed by atoms with E-state index >= 15 is 0 Å². The highest BCUT2D eigenvalue weighted by atomic mass is 16.5. The Hall–Kier alpha value is -2.74. The van der Waals surface area contributed by atoms with E-state index in [0.29, 0.717) is 24.9 Å². The van der Waals surface area contributed by atoms with E-state index < -0.39 is 6.10 Å². The summed E-state index contributed by atoms with van der Waals surface area (Å²) < 4.78 is 11.2. The lowest BCUT2D eigenvalue weighted by molar-refractivity contribution is -0.136. The zero-order chi connectivity index (χ0) is 42.1. The number of methoxy groups -OCH3 is 2. The number of likely N-dealkylation sites (N-methyl/N-ethyl adjacent to an activating group) is 4. The van der Waals surface area contributed by atoms with Gasteiger partial charge in [0.25, 0.3) is 0 Å². The van der Waals surface area contributed by atoms with Crippen molar-refractivity contribution < 1.29 is 33.8 Å². The Morgan fingerprint density at radius 1 is 1.04 bits per heavy atom. The number of likely N-dealkylation sites (tertiary alicyclic amines) is 1. The van der Waals surface area contributed by atoms with Gasteiger partial charge in [-0.25, -0.2) is 0 Å². The molecule has 0 aliphatic carbocycles. The lowest BCUT2D eigenvalue weighted by Crippen LogP contribution is -2.51. The molecule has 0 bridgehead atoms. The van der Waals surface area contributed by atoms with Crippen LogP contribution in [0.1, 0.15) is 87.5 Å². The minimum atomic E-state index is -0.542. The molecule has 1 aliphatic rings. The highest BCUT2D eigenvalue weighted by Gasteiger charge is 2.37. The van der Waals surface area contributed by atoms with Crippen LogP contribution in [0.25, 0.3) is 0 Å². The predicted octanol–water partition coefficient (Wildman–Crippen LogP) is 4.66. The summed E-state index contributed by atoms with van der Waals surface area (Å²) in [6.07, 6.45) is 11.5. The number of carbonyl (C=O) groups excluding carboxylic acids is 4. The molecule has 1 heterocycles. The summed E-state index contributed by atoms with van der Waals surface area (Å²) in [6.45, 7) is 25.6. The average molecular weight is 756 g/mol. The molecule has 9 atom stereocenters. The van der Waals surface area contributed by atoms with Crippen molar-refractivity contribution in [2.75, 3.05) is 55.5 Å². The fraction of sp³-hybridized carbons (Fsp3) is 0.756. The molecule has 1 rings (SSSR count). The van der Waals surface area contributed by atoms with Crippen molar-refractivity contribution in [1.82, 2.24) is 20.4 Å². The van der Waals surface area contributed by atoms with Gasteiger partial charge in [-0.3, -0.25) is 9.59 Å². The lowest BCUT2D eigenvalue weighted by atomic mass is 9.80. The molecule has 12 nitrogen and oxygen atoms in total. The Morgan fingerprint density at radius 3 is 1.89 bits per heavy atom. The fourth-order valence-electron chi connectivity index (χ4n) is 6.10. The molecule has 0 aromatic heterocycles. The molecule has 1 saturated heterocycles. The Kier molecular flexibility index (Phi) is 39.0. The van der Waals surface area contributed by atoms with E-state index in [9.17, 15) is 19.5 Å². The Morgan fingerprint density at radius 2 is 1.58 bits per heavy atom. The van der Waals surface area contributed by atoms with Crippen molar-refractivity contribution in [2.45, 2.75) is 124 Å². The van der Waals surface area contributed by atoms with Crippen LogP contribution in [0.5, 0.6) is 0 Å². The summed E-state index contributed by atoms with van der Waals surface area (Å²) >= 11 is 0. The van der Waals surface area contributed by atoms with Gasteiger partial charge >= 0.3 is 0 Å². The van der Waals surface area contributed by atoms with Gasteiger partial charge in [-0.15, -0.1) is 0 Å². The van der Waals surface area contributed by atoms with E-state index in [0.717, 1.165) is 31.1 Å². The van der Waals surface area contributed by atoms with Gasteiger partial charge in [0.2, 0.25) is 12.3 Å². The largest absolute Gasteiger partial charge is 0.388 e. The van der Waals surface area contributed by atoms with Crippen molar-refractivity contribution in [1.29, 1.82) is 0 Å². The first-order valence-electron chi connectivity index (χ1n) is 19.1. The minimum Gasteiger partial charge on any atom is -0.388 e. The highest BCUT2D eigenvalue weighted by molar-refractivity contribution is 5.78. The van der Waals surface area contributed by atoms with Crippen LogP contribution in [0.3, 0.4) is 0 Å². The Labute approximate surface area is 324 Å². The van der Waals surface area contributed by atoms with E-state index in [-0.39, 0.29) is 54.4 Å². The van der Waals surface area contributed by atoms with Crippen LogP contribution < -0.4 is 16.4 Å². The summed E-state index contributed by atoms with van der Waals surface area (Å²) in [7, 11) is 10.8. The monoisotopic (exact) mass is 756 g/mol. The maximum absolute atomic E-state index is 11.9. The summed E-state index contributed by atoms with van der Waals surface area (Å²) in [5, 5.41) is 16.3. The van der Waals surface area contributed by atoms with Gasteiger partial charge in [-0.1, -0.05) is 99.6 Å². The molecule has 0 saturated carbocycles. The van der Waals surface area contributed by atoms with Crippen LogP contribution in [0.15, 0.2) is 37.0 Å². The van der Waals surface area contributed by atoms with Gasteiger partial charge in [0.15, 0.2) is 0 Å². The standard InChI is InChI=1S/C18H31NO2.C13H26N2O3.C6H13NO.C3H8.CH3NO/c1-7-10-15(8-2)17(20)13(3)14(4)18(21-6)16-11-9-12-19(16)5;1-6-10(2)13(11(18-5)7-8-16)15(4)12(17)9-14-3;1-5(2)6(4-8)7-3;1-3-2;2-1-3/h7-8,10,13-14,16-18,20H,1-2,9,11-12H2,3-6H3;8,10-11,13-14H,6-7,9H2,1-5H3;4-7H,1-3H3;3H2,1-2H3;1H,(H2,2,3)/b15-10+;;;;. The van der Waals surface area contributed by atoms with Gasteiger partial charge in [0, 0.05) is 33.7 Å². The fourth-order valence-corrected chi connectivity index (χ4v) is 6.10. The number of hydrogen-bond donors (Lipinski definition) is 4. The molecule has 312 valence electrons. The van der Waals surface area contributed by atoms with E-state index in [1.807, 2.05) is 19.9 Å².